The lowest BCUT2D eigenvalue weighted by Crippen LogP contribution is -2.49. The molecule has 0 spiro atoms. The molecule has 0 bridgehead atoms. The molecule has 16 heavy (non-hydrogen) atoms. The number of carboxylic acid groups (broad SMARTS) is 1. The zero-order valence-electron chi connectivity index (χ0n) is 11.0. The van der Waals surface area contributed by atoms with Gasteiger partial charge in [0, 0.05) is 19.1 Å². The molecule has 0 amide bonds. The number of rotatable bonds is 8. The van der Waals surface area contributed by atoms with E-state index in [0.29, 0.717) is 12.6 Å². The van der Waals surface area contributed by atoms with Crippen molar-refractivity contribution in [3.05, 3.63) is 0 Å². The molecule has 0 fully saturated rings. The third kappa shape index (κ3) is 5.44. The van der Waals surface area contributed by atoms with Gasteiger partial charge in [0.05, 0.1) is 0 Å². The van der Waals surface area contributed by atoms with Gasteiger partial charge in [-0.1, -0.05) is 6.92 Å². The van der Waals surface area contributed by atoms with Crippen LogP contribution in [-0.2, 0) is 4.79 Å². The predicted octanol–water partition coefficient (Wildman–Crippen LogP) is -0.0690. The maximum atomic E-state index is 10.9. The van der Waals surface area contributed by atoms with Gasteiger partial charge in [-0.05, 0) is 34.6 Å². The van der Waals surface area contributed by atoms with Crippen molar-refractivity contribution in [2.75, 3.05) is 40.8 Å². The second-order valence-corrected chi connectivity index (χ2v) is 4.38. The van der Waals surface area contributed by atoms with Crippen LogP contribution in [0.2, 0.25) is 0 Å². The number of nitrogens with one attached hydrogen (secondary N) is 1. The number of aliphatic carboxylic acids is 1. The smallest absolute Gasteiger partial charge is 0.322 e. The van der Waals surface area contributed by atoms with Gasteiger partial charge in [0.25, 0.3) is 0 Å². The third-order valence-electron chi connectivity index (χ3n) is 2.72. The van der Waals surface area contributed by atoms with Crippen molar-refractivity contribution >= 4 is 5.97 Å². The summed E-state index contributed by atoms with van der Waals surface area (Å²) in [5, 5.41) is 11.8. The molecule has 5 nitrogen and oxygen atoms in total. The third-order valence-corrected chi connectivity index (χ3v) is 2.72. The van der Waals surface area contributed by atoms with Gasteiger partial charge >= 0.3 is 5.97 Å². The lowest BCUT2D eigenvalue weighted by atomic mass is 10.2. The summed E-state index contributed by atoms with van der Waals surface area (Å²) in [4.78, 5) is 15.2. The maximum absolute atomic E-state index is 10.9. The standard InChI is InChI=1S/C11H25N3O2/c1-6-14(9(2)7-13(4)5)8-10(12-3)11(15)16/h9-10,12H,6-8H2,1-5H3,(H,15,16). The van der Waals surface area contributed by atoms with Crippen LogP contribution in [0.4, 0.5) is 0 Å². The highest BCUT2D eigenvalue weighted by Gasteiger charge is 2.21. The van der Waals surface area contributed by atoms with Gasteiger partial charge in [-0.15, -0.1) is 0 Å². The van der Waals surface area contributed by atoms with E-state index in [1.165, 1.54) is 0 Å². The Labute approximate surface area is 98.4 Å². The minimum Gasteiger partial charge on any atom is -0.480 e. The highest BCUT2D eigenvalue weighted by atomic mass is 16.4. The van der Waals surface area contributed by atoms with E-state index in [9.17, 15) is 4.79 Å². The Morgan fingerprint density at radius 2 is 1.94 bits per heavy atom. The van der Waals surface area contributed by atoms with Crippen molar-refractivity contribution in [2.24, 2.45) is 0 Å². The topological polar surface area (TPSA) is 55.8 Å². The Bertz CT molecular complexity index is 209. The van der Waals surface area contributed by atoms with E-state index in [2.05, 4.69) is 29.0 Å². The molecule has 0 radical (unpaired) electrons. The second-order valence-electron chi connectivity index (χ2n) is 4.38. The molecular formula is C11H25N3O2. The lowest BCUT2D eigenvalue weighted by Gasteiger charge is -2.31. The average molecular weight is 231 g/mol. The predicted molar refractivity (Wildman–Crippen MR) is 65.7 cm³/mol. The van der Waals surface area contributed by atoms with Crippen molar-refractivity contribution in [1.29, 1.82) is 0 Å². The van der Waals surface area contributed by atoms with E-state index in [0.717, 1.165) is 13.1 Å². The van der Waals surface area contributed by atoms with Crippen molar-refractivity contribution in [2.45, 2.75) is 25.9 Å². The number of hydrogen-bond donors (Lipinski definition) is 2. The van der Waals surface area contributed by atoms with Gasteiger partial charge in [0.2, 0.25) is 0 Å². The summed E-state index contributed by atoms with van der Waals surface area (Å²) in [6.07, 6.45) is 0. The fourth-order valence-electron chi connectivity index (χ4n) is 1.79. The molecule has 0 aliphatic rings. The van der Waals surface area contributed by atoms with E-state index in [1.54, 1.807) is 7.05 Å². The zero-order valence-corrected chi connectivity index (χ0v) is 11.0. The van der Waals surface area contributed by atoms with Crippen LogP contribution in [0.25, 0.3) is 0 Å². The van der Waals surface area contributed by atoms with Crippen LogP contribution in [-0.4, -0.2) is 73.7 Å². The monoisotopic (exact) mass is 231 g/mol. The summed E-state index contributed by atoms with van der Waals surface area (Å²) in [6, 6.07) is -0.139. The number of carbonyl (C=O) groups is 1. The molecule has 0 aromatic rings. The summed E-state index contributed by atoms with van der Waals surface area (Å²) in [5.74, 6) is -0.794. The van der Waals surface area contributed by atoms with Gasteiger partial charge in [0.15, 0.2) is 0 Å². The van der Waals surface area contributed by atoms with Crippen molar-refractivity contribution in [1.82, 2.24) is 15.1 Å². The quantitative estimate of drug-likeness (QED) is 0.612. The summed E-state index contributed by atoms with van der Waals surface area (Å²) < 4.78 is 0. The second kappa shape index (κ2) is 7.60. The number of carboxylic acids is 1. The molecule has 0 aromatic carbocycles. The summed E-state index contributed by atoms with van der Waals surface area (Å²) in [6.45, 7) is 6.51. The molecule has 2 N–H and O–H groups in total. The fraction of sp³-hybridized carbons (Fsp3) is 0.909. The van der Waals surface area contributed by atoms with Crippen molar-refractivity contribution in [3.8, 4) is 0 Å². The van der Waals surface area contributed by atoms with Gasteiger partial charge in [-0.25, -0.2) is 0 Å². The van der Waals surface area contributed by atoms with Crippen LogP contribution in [0.15, 0.2) is 0 Å². The van der Waals surface area contributed by atoms with E-state index in [4.69, 9.17) is 5.11 Å². The van der Waals surface area contributed by atoms with Crippen LogP contribution >= 0.6 is 0 Å². The summed E-state index contributed by atoms with van der Waals surface area (Å²) in [5.41, 5.74) is 0. The molecule has 0 saturated carbocycles. The van der Waals surface area contributed by atoms with Gasteiger partial charge in [0.1, 0.15) is 6.04 Å². The maximum Gasteiger partial charge on any atom is 0.322 e. The lowest BCUT2D eigenvalue weighted by molar-refractivity contribution is -0.140. The normalized spacial score (nSPS) is 15.4. The van der Waals surface area contributed by atoms with Crippen LogP contribution < -0.4 is 5.32 Å². The molecule has 0 aromatic heterocycles. The Morgan fingerprint density at radius 3 is 2.25 bits per heavy atom. The fourth-order valence-corrected chi connectivity index (χ4v) is 1.79. The largest absolute Gasteiger partial charge is 0.480 e. The van der Waals surface area contributed by atoms with Gasteiger partial charge < -0.3 is 15.3 Å². The highest BCUT2D eigenvalue weighted by molar-refractivity contribution is 5.73. The van der Waals surface area contributed by atoms with E-state index in [-0.39, 0.29) is 0 Å². The summed E-state index contributed by atoms with van der Waals surface area (Å²) in [7, 11) is 5.73. The SMILES string of the molecule is CCN(CC(NC)C(=O)O)C(C)CN(C)C. The molecule has 0 saturated heterocycles. The molecule has 0 aliphatic heterocycles. The van der Waals surface area contributed by atoms with Crippen LogP contribution in [0.3, 0.4) is 0 Å². The van der Waals surface area contributed by atoms with E-state index in [1.807, 2.05) is 14.1 Å². The van der Waals surface area contributed by atoms with Crippen molar-refractivity contribution in [3.63, 3.8) is 0 Å². The molecule has 2 atom stereocenters. The first-order valence-corrected chi connectivity index (χ1v) is 5.71. The Balaban J connectivity index is 4.31. The Kier molecular flexibility index (Phi) is 7.29. The molecule has 0 heterocycles. The highest BCUT2D eigenvalue weighted by Crippen LogP contribution is 2.02. The molecular weight excluding hydrogens is 206 g/mol. The first-order chi connectivity index (χ1) is 7.42. The van der Waals surface area contributed by atoms with Gasteiger partial charge in [-0.3, -0.25) is 9.69 Å². The Hall–Kier alpha value is -0.650. The Morgan fingerprint density at radius 1 is 1.38 bits per heavy atom. The van der Waals surface area contributed by atoms with Crippen LogP contribution in [0.1, 0.15) is 13.8 Å². The van der Waals surface area contributed by atoms with Gasteiger partial charge in [-0.2, -0.15) is 0 Å². The molecule has 0 rings (SSSR count). The zero-order chi connectivity index (χ0) is 12.7. The minimum atomic E-state index is -0.794. The molecule has 2 unspecified atom stereocenters. The molecule has 0 aliphatic carbocycles. The van der Waals surface area contributed by atoms with Crippen molar-refractivity contribution < 1.29 is 9.90 Å². The average Bonchev–Trinajstić information content (AvgIpc) is 2.17. The minimum absolute atomic E-state index is 0.357. The molecule has 5 heteroatoms. The van der Waals surface area contributed by atoms with E-state index >= 15 is 0 Å². The first kappa shape index (κ1) is 15.3. The summed E-state index contributed by atoms with van der Waals surface area (Å²) >= 11 is 0. The molecule has 96 valence electrons. The number of hydrogen-bond acceptors (Lipinski definition) is 4. The van der Waals surface area contributed by atoms with Crippen LogP contribution in [0, 0.1) is 0 Å². The van der Waals surface area contributed by atoms with E-state index < -0.39 is 12.0 Å². The van der Waals surface area contributed by atoms with Crippen LogP contribution in [0.5, 0.6) is 0 Å². The first-order valence-electron chi connectivity index (χ1n) is 5.71. The number of nitrogens with zero attached hydrogens (tertiary/aromatic N) is 2. The number of likely N-dealkylation sites (N-methyl/N-ethyl adjacent to an activating group) is 3.